The third-order valence-corrected chi connectivity index (χ3v) is 12.4. The molecule has 4 aromatic carbocycles. The van der Waals surface area contributed by atoms with Crippen molar-refractivity contribution in [2.24, 2.45) is 0 Å². The van der Waals surface area contributed by atoms with Crippen LogP contribution in [-0.4, -0.2) is 25.4 Å². The normalized spacial score (nSPS) is 14.1. The van der Waals surface area contributed by atoms with Crippen molar-refractivity contribution in [2.75, 3.05) is 0 Å². The number of rotatable bonds is 10. The van der Waals surface area contributed by atoms with E-state index in [0.717, 1.165) is 0 Å². The average molecular weight is 614 g/mol. The summed E-state index contributed by atoms with van der Waals surface area (Å²) in [5.74, 6) is 0. The zero-order valence-electron chi connectivity index (χ0n) is 22.0. The monoisotopic (exact) mass is 614 g/mol. The number of allylic oxidation sites excluding steroid dienone is 4. The molecular formula is C29H20N4O8P2. The van der Waals surface area contributed by atoms with E-state index >= 15 is 0 Å². The molecule has 14 heteroatoms. The predicted molar refractivity (Wildman–Crippen MR) is 166 cm³/mol. The highest BCUT2D eigenvalue weighted by Crippen LogP contribution is 2.59. The van der Waals surface area contributed by atoms with Gasteiger partial charge in [-0.1, -0.05) is 66.8 Å². The van der Waals surface area contributed by atoms with Crippen molar-refractivity contribution in [3.05, 3.63) is 161 Å². The van der Waals surface area contributed by atoms with Gasteiger partial charge in [-0.05, 0) is 45.4 Å². The van der Waals surface area contributed by atoms with Gasteiger partial charge in [0.05, 0.1) is 40.9 Å². The molecule has 0 heterocycles. The van der Waals surface area contributed by atoms with Gasteiger partial charge in [0.1, 0.15) is 0 Å². The Morgan fingerprint density at radius 3 is 1.19 bits per heavy atom. The topological polar surface area (TPSA) is 173 Å². The van der Waals surface area contributed by atoms with Gasteiger partial charge in [0.25, 0.3) is 22.7 Å². The lowest BCUT2D eigenvalue weighted by molar-refractivity contribution is -0.384. The van der Waals surface area contributed by atoms with Gasteiger partial charge in [-0.3, -0.25) is 40.5 Å². The lowest BCUT2D eigenvalue weighted by atomic mass is 10.3. The molecule has 1 unspecified atom stereocenters. The van der Waals surface area contributed by atoms with Gasteiger partial charge in [-0.2, -0.15) is 0 Å². The fourth-order valence-electron chi connectivity index (χ4n) is 4.98. The Labute approximate surface area is 246 Å². The maximum atomic E-state index is 12.2. The summed E-state index contributed by atoms with van der Waals surface area (Å²) in [6.07, 6.45) is 5.16. The van der Waals surface area contributed by atoms with E-state index in [1.165, 1.54) is 48.5 Å². The van der Waals surface area contributed by atoms with Gasteiger partial charge in [-0.25, -0.2) is 0 Å². The van der Waals surface area contributed by atoms with Crippen molar-refractivity contribution in [3.63, 3.8) is 0 Å². The molecule has 0 N–H and O–H groups in total. The summed E-state index contributed by atoms with van der Waals surface area (Å²) in [5.41, 5.74) is -1.65. The van der Waals surface area contributed by atoms with Crippen molar-refractivity contribution in [3.8, 4) is 0 Å². The molecule has 12 nitrogen and oxygen atoms in total. The molecule has 0 amide bonds. The van der Waals surface area contributed by atoms with Crippen molar-refractivity contribution in [1.29, 1.82) is 0 Å². The summed E-state index contributed by atoms with van der Waals surface area (Å²) >= 11 is 0. The summed E-state index contributed by atoms with van der Waals surface area (Å²) in [6.45, 7) is 0. The molecule has 5 rings (SSSR count). The fraction of sp³-hybridized carbons (Fsp3) is 0.0345. The van der Waals surface area contributed by atoms with Crippen molar-refractivity contribution in [2.45, 2.75) is 5.66 Å². The maximum absolute atomic E-state index is 12.2. The first-order valence-electron chi connectivity index (χ1n) is 12.6. The van der Waals surface area contributed by atoms with Gasteiger partial charge in [0.2, 0.25) is 0 Å². The van der Waals surface area contributed by atoms with Crippen LogP contribution in [0, 0.1) is 40.5 Å². The molecule has 0 spiro atoms. The van der Waals surface area contributed by atoms with Crippen LogP contribution in [0.1, 0.15) is 0 Å². The van der Waals surface area contributed by atoms with Gasteiger partial charge < -0.3 is 0 Å². The summed E-state index contributed by atoms with van der Waals surface area (Å²) in [6, 6.07) is 24.0. The average Bonchev–Trinajstić information content (AvgIpc) is 3.47. The molecular weight excluding hydrogens is 594 g/mol. The summed E-state index contributed by atoms with van der Waals surface area (Å²) < 4.78 is 0. The predicted octanol–water partition coefficient (Wildman–Crippen LogP) is 5.71. The number of nitrogens with zero attached hydrogens (tertiary/aromatic N) is 4. The van der Waals surface area contributed by atoms with Crippen LogP contribution in [0.4, 0.5) is 22.7 Å². The van der Waals surface area contributed by atoms with Gasteiger partial charge in [-0.15, -0.1) is 0 Å². The largest absolute Gasteiger partial charge is 0.277 e. The van der Waals surface area contributed by atoms with E-state index in [9.17, 15) is 40.5 Å². The highest BCUT2D eigenvalue weighted by molar-refractivity contribution is 7.80. The quantitative estimate of drug-likeness (QED) is 0.124. The Hall–Kier alpha value is -5.18. The van der Waals surface area contributed by atoms with Crippen molar-refractivity contribution < 1.29 is 19.7 Å². The van der Waals surface area contributed by atoms with Crippen molar-refractivity contribution >= 4 is 59.8 Å². The number of hydrogen-bond acceptors (Lipinski definition) is 8. The number of hydrogen-bond donors (Lipinski definition) is 0. The highest BCUT2D eigenvalue weighted by atomic mass is 31.1. The molecule has 1 aliphatic rings. The second-order valence-electron chi connectivity index (χ2n) is 9.11. The third kappa shape index (κ3) is 5.66. The Morgan fingerprint density at radius 1 is 0.488 bits per heavy atom. The first-order valence-corrected chi connectivity index (χ1v) is 15.4. The lowest BCUT2D eigenvalue weighted by Gasteiger charge is -2.30. The Kier molecular flexibility index (Phi) is 8.43. The highest BCUT2D eigenvalue weighted by Gasteiger charge is 2.41. The number of nitro benzene ring substituents is 4. The Morgan fingerprint density at radius 2 is 0.814 bits per heavy atom. The minimum absolute atomic E-state index is 0.230. The SMILES string of the molecule is O=[N+]([O-])c1ccccc1P(C1=CC=CC1P(c1ccccc1[N+](=O)[O-])c1ccccc1[N+](=O)[O-])c1ccccc1[N+](=O)[O-]. The van der Waals surface area contributed by atoms with Crippen LogP contribution in [0.15, 0.2) is 121 Å². The molecule has 1 atom stereocenters. The molecule has 0 saturated carbocycles. The first-order chi connectivity index (χ1) is 20.7. The second-order valence-corrected chi connectivity index (χ2v) is 13.5. The second kappa shape index (κ2) is 12.4. The summed E-state index contributed by atoms with van der Waals surface area (Å²) in [5, 5.41) is 50.3. The Balaban J connectivity index is 1.82. The van der Waals surface area contributed by atoms with Crippen LogP contribution < -0.4 is 21.2 Å². The van der Waals surface area contributed by atoms with E-state index in [0.29, 0.717) is 5.31 Å². The molecule has 0 aromatic heterocycles. The van der Waals surface area contributed by atoms with E-state index in [4.69, 9.17) is 0 Å². The summed E-state index contributed by atoms with van der Waals surface area (Å²) in [7, 11) is -3.89. The molecule has 0 bridgehead atoms. The minimum Gasteiger partial charge on any atom is -0.258 e. The smallest absolute Gasteiger partial charge is 0.258 e. The maximum Gasteiger partial charge on any atom is 0.277 e. The number of nitro groups is 4. The van der Waals surface area contributed by atoms with Crippen LogP contribution in [0.25, 0.3) is 0 Å². The van der Waals surface area contributed by atoms with E-state index in [1.807, 2.05) is 0 Å². The van der Waals surface area contributed by atoms with Gasteiger partial charge in [0, 0.05) is 29.9 Å². The van der Waals surface area contributed by atoms with E-state index < -0.39 is 41.2 Å². The van der Waals surface area contributed by atoms with E-state index in [2.05, 4.69) is 0 Å². The van der Waals surface area contributed by atoms with Crippen LogP contribution in [-0.2, 0) is 0 Å². The van der Waals surface area contributed by atoms with Gasteiger partial charge >= 0.3 is 0 Å². The molecule has 0 radical (unpaired) electrons. The van der Waals surface area contributed by atoms with Crippen LogP contribution in [0.2, 0.25) is 0 Å². The molecule has 1 aliphatic carbocycles. The molecule has 43 heavy (non-hydrogen) atoms. The van der Waals surface area contributed by atoms with E-state index in [1.54, 1.807) is 66.8 Å². The zero-order valence-corrected chi connectivity index (χ0v) is 23.8. The molecule has 0 saturated heterocycles. The Bertz CT molecular complexity index is 1730. The van der Waals surface area contributed by atoms with Crippen molar-refractivity contribution in [1.82, 2.24) is 0 Å². The first kappa shape index (κ1) is 29.3. The van der Waals surface area contributed by atoms with Gasteiger partial charge in [0.15, 0.2) is 0 Å². The fourth-order valence-corrected chi connectivity index (χ4v) is 11.1. The standard InChI is InChI=1S/C29H20N4O8P2/c34-30(35)20-10-1-5-14-24(20)42(25-15-6-2-11-21(25)31(36)37)28-18-9-19-29(28)43(26-16-7-3-12-22(26)32(38)39)27-17-8-4-13-23(27)33(40)41/h1-19,28H. The van der Waals surface area contributed by atoms with Crippen LogP contribution in [0.3, 0.4) is 0 Å². The zero-order chi connectivity index (χ0) is 30.7. The molecule has 214 valence electrons. The number of para-hydroxylation sites is 4. The van der Waals surface area contributed by atoms with E-state index in [-0.39, 0.29) is 44.0 Å². The minimum atomic E-state index is -1.97. The molecule has 4 aromatic rings. The molecule has 0 fully saturated rings. The molecule has 0 aliphatic heterocycles. The van der Waals surface area contributed by atoms with Crippen LogP contribution >= 0.6 is 15.8 Å². The lowest BCUT2D eigenvalue weighted by Crippen LogP contribution is -2.27. The summed E-state index contributed by atoms with van der Waals surface area (Å²) in [4.78, 5) is 46.6. The van der Waals surface area contributed by atoms with Crippen LogP contribution in [0.5, 0.6) is 0 Å². The third-order valence-electron chi connectivity index (χ3n) is 6.71. The number of benzene rings is 4.